The number of nitrogens with one attached hydrogen (secondary N) is 2. The molecular weight excluding hydrogens is 288 g/mol. The van der Waals surface area contributed by atoms with Gasteiger partial charge in [-0.2, -0.15) is 0 Å². The van der Waals surface area contributed by atoms with E-state index >= 15 is 0 Å². The molecule has 114 valence electrons. The van der Waals surface area contributed by atoms with Gasteiger partial charge in [-0.25, -0.2) is 0 Å². The first-order valence-electron chi connectivity index (χ1n) is 7.31. The Hall–Kier alpha value is -1.60. The quantitative estimate of drug-likeness (QED) is 0.611. The summed E-state index contributed by atoms with van der Waals surface area (Å²) in [5.74, 6) is -0.438. The van der Waals surface area contributed by atoms with Crippen LogP contribution in [0.25, 0.3) is 0 Å². The van der Waals surface area contributed by atoms with Crippen LogP contribution in [0, 0.1) is 5.92 Å². The second kappa shape index (κ2) is 5.65. The van der Waals surface area contributed by atoms with E-state index in [-0.39, 0.29) is 29.0 Å². The maximum atomic E-state index is 12.2. The van der Waals surface area contributed by atoms with Gasteiger partial charge in [0.15, 0.2) is 5.78 Å². The number of primary amides is 1. The molecule has 1 aliphatic heterocycles. The number of thiophene rings is 1. The maximum Gasteiger partial charge on any atom is 0.253 e. The SMILES string of the molecule is NC(=O)c1c(NC2CCNCC2)sc(C(=O)C2CC2)c1N. The van der Waals surface area contributed by atoms with E-state index in [1.54, 1.807) is 0 Å². The molecule has 0 spiro atoms. The number of hydrogen-bond donors (Lipinski definition) is 4. The molecule has 6 nitrogen and oxygen atoms in total. The lowest BCUT2D eigenvalue weighted by atomic mass is 10.1. The monoisotopic (exact) mass is 308 g/mol. The summed E-state index contributed by atoms with van der Waals surface area (Å²) in [4.78, 5) is 24.4. The van der Waals surface area contributed by atoms with E-state index in [9.17, 15) is 9.59 Å². The number of piperidine rings is 1. The van der Waals surface area contributed by atoms with Crippen LogP contribution >= 0.6 is 11.3 Å². The van der Waals surface area contributed by atoms with Crippen molar-refractivity contribution in [3.63, 3.8) is 0 Å². The van der Waals surface area contributed by atoms with Gasteiger partial charge in [0.2, 0.25) is 0 Å². The average Bonchev–Trinajstić information content (AvgIpc) is 3.24. The van der Waals surface area contributed by atoms with Gasteiger partial charge in [0.05, 0.1) is 16.1 Å². The Morgan fingerprint density at radius 1 is 1.19 bits per heavy atom. The molecule has 0 radical (unpaired) electrons. The Balaban J connectivity index is 1.88. The van der Waals surface area contributed by atoms with Gasteiger partial charge in [0.25, 0.3) is 5.91 Å². The van der Waals surface area contributed by atoms with Crippen LogP contribution in [-0.2, 0) is 0 Å². The average molecular weight is 308 g/mol. The number of nitrogens with two attached hydrogens (primary N) is 2. The highest BCUT2D eigenvalue weighted by Gasteiger charge is 2.35. The smallest absolute Gasteiger partial charge is 0.253 e. The fourth-order valence-corrected chi connectivity index (χ4v) is 3.88. The highest BCUT2D eigenvalue weighted by atomic mass is 32.1. The standard InChI is InChI=1S/C14H20N4O2S/c15-10-9(13(16)20)14(18-8-3-5-17-6-4-8)21-12(10)11(19)7-1-2-7/h7-8,17-18H,1-6,15H2,(H2,16,20). The van der Waals surface area contributed by atoms with Crippen LogP contribution in [0.5, 0.6) is 0 Å². The zero-order valence-corrected chi connectivity index (χ0v) is 12.6. The van der Waals surface area contributed by atoms with Crippen LogP contribution in [0.4, 0.5) is 10.7 Å². The zero-order valence-electron chi connectivity index (χ0n) is 11.8. The molecule has 2 fully saturated rings. The lowest BCUT2D eigenvalue weighted by molar-refractivity contribution is 0.0972. The van der Waals surface area contributed by atoms with Crippen molar-refractivity contribution >= 4 is 33.7 Å². The maximum absolute atomic E-state index is 12.2. The molecule has 1 aromatic rings. The molecule has 7 heteroatoms. The lowest BCUT2D eigenvalue weighted by Gasteiger charge is -2.24. The molecule has 6 N–H and O–H groups in total. The van der Waals surface area contributed by atoms with Gasteiger partial charge < -0.3 is 22.1 Å². The Morgan fingerprint density at radius 3 is 2.43 bits per heavy atom. The number of rotatable bonds is 5. The number of ketones is 1. The van der Waals surface area contributed by atoms with Gasteiger partial charge in [-0.05, 0) is 38.8 Å². The number of carbonyl (C=O) groups is 2. The van der Waals surface area contributed by atoms with Crippen LogP contribution in [-0.4, -0.2) is 30.8 Å². The largest absolute Gasteiger partial charge is 0.397 e. The van der Waals surface area contributed by atoms with Crippen LogP contribution in [0.2, 0.25) is 0 Å². The van der Waals surface area contributed by atoms with Crippen molar-refractivity contribution < 1.29 is 9.59 Å². The fraction of sp³-hybridized carbons (Fsp3) is 0.571. The second-order valence-electron chi connectivity index (χ2n) is 5.72. The molecular formula is C14H20N4O2S. The molecule has 1 saturated carbocycles. The Labute approximate surface area is 127 Å². The van der Waals surface area contributed by atoms with Gasteiger partial charge in [0.1, 0.15) is 5.00 Å². The highest BCUT2D eigenvalue weighted by Crippen LogP contribution is 2.42. The third kappa shape index (κ3) is 2.89. The molecule has 2 heterocycles. The topological polar surface area (TPSA) is 110 Å². The number of amides is 1. The van der Waals surface area contributed by atoms with Gasteiger partial charge >= 0.3 is 0 Å². The van der Waals surface area contributed by atoms with Crippen molar-refractivity contribution in [3.8, 4) is 0 Å². The normalized spacial score (nSPS) is 19.4. The molecule has 0 unspecified atom stereocenters. The van der Waals surface area contributed by atoms with Crippen molar-refractivity contribution in [2.24, 2.45) is 11.7 Å². The van der Waals surface area contributed by atoms with E-state index in [1.807, 2.05) is 0 Å². The van der Waals surface area contributed by atoms with E-state index in [0.29, 0.717) is 9.88 Å². The molecule has 0 atom stereocenters. The number of Topliss-reactive ketones (excluding diaryl/α,β-unsaturated/α-hetero) is 1. The van der Waals surface area contributed by atoms with E-state index < -0.39 is 5.91 Å². The summed E-state index contributed by atoms with van der Waals surface area (Å²) in [6, 6.07) is 0.284. The number of nitrogen functional groups attached to an aromatic ring is 1. The number of anilines is 2. The minimum Gasteiger partial charge on any atom is -0.397 e. The summed E-state index contributed by atoms with van der Waals surface area (Å²) >= 11 is 1.28. The Kier molecular flexibility index (Phi) is 3.86. The molecule has 1 saturated heterocycles. The first kappa shape index (κ1) is 14.3. The van der Waals surface area contributed by atoms with Crippen molar-refractivity contribution in [1.29, 1.82) is 0 Å². The zero-order chi connectivity index (χ0) is 15.0. The molecule has 1 aliphatic carbocycles. The van der Waals surface area contributed by atoms with Crippen molar-refractivity contribution in [2.75, 3.05) is 24.1 Å². The van der Waals surface area contributed by atoms with E-state index in [4.69, 9.17) is 11.5 Å². The predicted molar refractivity (Wildman–Crippen MR) is 83.8 cm³/mol. The molecule has 3 rings (SSSR count). The van der Waals surface area contributed by atoms with E-state index in [2.05, 4.69) is 10.6 Å². The predicted octanol–water partition coefficient (Wildman–Crippen LogP) is 1.19. The van der Waals surface area contributed by atoms with Crippen LogP contribution in [0.3, 0.4) is 0 Å². The first-order chi connectivity index (χ1) is 10.1. The molecule has 21 heavy (non-hydrogen) atoms. The first-order valence-corrected chi connectivity index (χ1v) is 8.13. The van der Waals surface area contributed by atoms with Crippen molar-refractivity contribution in [2.45, 2.75) is 31.7 Å². The van der Waals surface area contributed by atoms with Crippen LogP contribution < -0.4 is 22.1 Å². The molecule has 1 aromatic heterocycles. The Morgan fingerprint density at radius 2 is 1.86 bits per heavy atom. The van der Waals surface area contributed by atoms with Crippen LogP contribution in [0.15, 0.2) is 0 Å². The van der Waals surface area contributed by atoms with E-state index in [0.717, 1.165) is 38.8 Å². The third-order valence-corrected chi connectivity index (χ3v) is 5.19. The number of hydrogen-bond acceptors (Lipinski definition) is 6. The highest BCUT2D eigenvalue weighted by molar-refractivity contribution is 7.19. The summed E-state index contributed by atoms with van der Waals surface area (Å²) in [6.45, 7) is 1.89. The van der Waals surface area contributed by atoms with Gasteiger partial charge in [0, 0.05) is 12.0 Å². The molecule has 0 aromatic carbocycles. The summed E-state index contributed by atoms with van der Waals surface area (Å²) in [5.41, 5.74) is 12.0. The summed E-state index contributed by atoms with van der Waals surface area (Å²) < 4.78 is 0. The van der Waals surface area contributed by atoms with Gasteiger partial charge in [-0.3, -0.25) is 9.59 Å². The molecule has 2 aliphatic rings. The van der Waals surface area contributed by atoms with Crippen molar-refractivity contribution in [3.05, 3.63) is 10.4 Å². The molecule has 1 amide bonds. The summed E-state index contributed by atoms with van der Waals surface area (Å²) in [7, 11) is 0. The lowest BCUT2D eigenvalue weighted by Crippen LogP contribution is -2.35. The summed E-state index contributed by atoms with van der Waals surface area (Å²) in [5, 5.41) is 7.29. The Bertz CT molecular complexity index is 574. The third-order valence-electron chi connectivity index (χ3n) is 4.04. The van der Waals surface area contributed by atoms with Crippen molar-refractivity contribution in [1.82, 2.24) is 5.32 Å². The summed E-state index contributed by atoms with van der Waals surface area (Å²) in [6.07, 6.45) is 3.78. The van der Waals surface area contributed by atoms with Gasteiger partial charge in [-0.1, -0.05) is 0 Å². The second-order valence-corrected chi connectivity index (χ2v) is 6.74. The fourth-order valence-electron chi connectivity index (χ4n) is 2.66. The minimum atomic E-state index is -0.574. The van der Waals surface area contributed by atoms with E-state index in [1.165, 1.54) is 11.3 Å². The minimum absolute atomic E-state index is 0.0540. The molecule has 0 bridgehead atoms. The number of carbonyl (C=O) groups excluding carboxylic acids is 2. The van der Waals surface area contributed by atoms with Gasteiger partial charge in [-0.15, -0.1) is 11.3 Å². The van der Waals surface area contributed by atoms with Crippen LogP contribution in [0.1, 0.15) is 45.7 Å².